The quantitative estimate of drug-likeness (QED) is 0.377. The van der Waals surface area contributed by atoms with E-state index in [1.165, 1.54) is 6.08 Å². The van der Waals surface area contributed by atoms with Gasteiger partial charge in [0.25, 0.3) is 0 Å². The molecule has 0 spiro atoms. The van der Waals surface area contributed by atoms with Gasteiger partial charge in [-0.1, -0.05) is 26.0 Å². The standard InChI is InChI=1S/C19H30O8/c1-10(21)4-5-13-11(6-12(22)7-19(13,2)3)9-26-18-17(25)16(24)15(23)14(8-20)27-18/h4-6,10,13-18,20-21,23-25H,7-9H2,1-3H3/t10-,13-,14+,15+,16-,17+,18+/m0/s1. The van der Waals surface area contributed by atoms with Crippen LogP contribution >= 0.6 is 0 Å². The second kappa shape index (κ2) is 8.91. The van der Waals surface area contributed by atoms with Crippen LogP contribution in [0.5, 0.6) is 0 Å². The maximum atomic E-state index is 12.1. The molecular formula is C19H30O8. The molecule has 154 valence electrons. The summed E-state index contributed by atoms with van der Waals surface area (Å²) in [6.07, 6.45) is -2.11. The van der Waals surface area contributed by atoms with Crippen LogP contribution in [0.1, 0.15) is 27.2 Å². The van der Waals surface area contributed by atoms with Crippen LogP contribution in [0.4, 0.5) is 0 Å². The van der Waals surface area contributed by atoms with Crippen LogP contribution in [0.25, 0.3) is 0 Å². The van der Waals surface area contributed by atoms with Gasteiger partial charge in [-0.3, -0.25) is 4.79 Å². The number of allylic oxidation sites excluding steroid dienone is 2. The summed E-state index contributed by atoms with van der Waals surface area (Å²) in [7, 11) is 0. The van der Waals surface area contributed by atoms with Gasteiger partial charge in [0.15, 0.2) is 12.1 Å². The number of hydrogen-bond donors (Lipinski definition) is 5. The molecule has 8 nitrogen and oxygen atoms in total. The molecule has 2 rings (SSSR count). The van der Waals surface area contributed by atoms with E-state index in [-0.39, 0.29) is 23.7 Å². The summed E-state index contributed by atoms with van der Waals surface area (Å²) in [5.41, 5.74) is 0.274. The highest BCUT2D eigenvalue weighted by Gasteiger charge is 2.44. The van der Waals surface area contributed by atoms with Crippen molar-refractivity contribution in [3.63, 3.8) is 0 Å². The lowest BCUT2D eigenvalue weighted by atomic mass is 9.68. The van der Waals surface area contributed by atoms with Crippen LogP contribution in [0.15, 0.2) is 23.8 Å². The summed E-state index contributed by atoms with van der Waals surface area (Å²) in [6, 6.07) is 0. The molecular weight excluding hydrogens is 356 g/mol. The third-order valence-corrected chi connectivity index (χ3v) is 5.06. The van der Waals surface area contributed by atoms with Crippen molar-refractivity contribution in [3.8, 4) is 0 Å². The van der Waals surface area contributed by atoms with Gasteiger partial charge in [0.2, 0.25) is 0 Å². The molecule has 2 aliphatic rings. The summed E-state index contributed by atoms with van der Waals surface area (Å²) in [5, 5.41) is 48.5. The summed E-state index contributed by atoms with van der Waals surface area (Å²) in [6.45, 7) is 4.93. The van der Waals surface area contributed by atoms with Gasteiger partial charge < -0.3 is 35.0 Å². The van der Waals surface area contributed by atoms with E-state index in [1.54, 1.807) is 13.0 Å². The first-order valence-corrected chi connectivity index (χ1v) is 9.08. The third kappa shape index (κ3) is 5.23. The van der Waals surface area contributed by atoms with Crippen LogP contribution in [0.2, 0.25) is 0 Å². The molecule has 0 unspecified atom stereocenters. The van der Waals surface area contributed by atoms with Crippen molar-refractivity contribution in [1.29, 1.82) is 0 Å². The Morgan fingerprint density at radius 2 is 1.96 bits per heavy atom. The van der Waals surface area contributed by atoms with Gasteiger partial charge >= 0.3 is 0 Å². The van der Waals surface area contributed by atoms with Crippen molar-refractivity contribution in [3.05, 3.63) is 23.8 Å². The fraction of sp³-hybridized carbons (Fsp3) is 0.737. The summed E-state index contributed by atoms with van der Waals surface area (Å²) >= 11 is 0. The third-order valence-electron chi connectivity index (χ3n) is 5.06. The second-order valence-corrected chi connectivity index (χ2v) is 7.96. The molecule has 8 heteroatoms. The second-order valence-electron chi connectivity index (χ2n) is 7.96. The molecule has 0 radical (unpaired) electrons. The van der Waals surface area contributed by atoms with Crippen molar-refractivity contribution < 1.29 is 39.8 Å². The molecule has 5 N–H and O–H groups in total. The molecule has 7 atom stereocenters. The molecule has 1 fully saturated rings. The Balaban J connectivity index is 2.14. The molecule has 1 aliphatic carbocycles. The number of hydrogen-bond acceptors (Lipinski definition) is 8. The molecule has 1 heterocycles. The Morgan fingerprint density at radius 3 is 2.56 bits per heavy atom. The van der Waals surface area contributed by atoms with Gasteiger partial charge in [0.05, 0.1) is 19.3 Å². The van der Waals surface area contributed by atoms with Crippen LogP contribution < -0.4 is 0 Å². The molecule has 0 bridgehead atoms. The predicted molar refractivity (Wildman–Crippen MR) is 95.5 cm³/mol. The summed E-state index contributed by atoms with van der Waals surface area (Å²) in [5.74, 6) is -0.219. The highest BCUT2D eigenvalue weighted by molar-refractivity contribution is 5.92. The van der Waals surface area contributed by atoms with E-state index in [2.05, 4.69) is 0 Å². The van der Waals surface area contributed by atoms with Crippen molar-refractivity contribution in [2.45, 2.75) is 64.0 Å². The number of carbonyl (C=O) groups excluding carboxylic acids is 1. The van der Waals surface area contributed by atoms with E-state index < -0.39 is 43.4 Å². The van der Waals surface area contributed by atoms with Gasteiger partial charge in [0.1, 0.15) is 24.4 Å². The fourth-order valence-electron chi connectivity index (χ4n) is 3.58. The van der Waals surface area contributed by atoms with Crippen LogP contribution in [-0.2, 0) is 14.3 Å². The minimum Gasteiger partial charge on any atom is -0.394 e. The lowest BCUT2D eigenvalue weighted by Gasteiger charge is -2.41. The Hall–Kier alpha value is -1.13. The number of carbonyl (C=O) groups is 1. The zero-order valence-electron chi connectivity index (χ0n) is 15.9. The van der Waals surface area contributed by atoms with Gasteiger partial charge in [0, 0.05) is 12.3 Å². The highest BCUT2D eigenvalue weighted by Crippen LogP contribution is 2.41. The molecule has 0 amide bonds. The van der Waals surface area contributed by atoms with Gasteiger partial charge in [-0.2, -0.15) is 0 Å². The van der Waals surface area contributed by atoms with Gasteiger partial charge in [-0.05, 0) is 24.0 Å². The fourth-order valence-corrected chi connectivity index (χ4v) is 3.58. The molecule has 27 heavy (non-hydrogen) atoms. The lowest BCUT2D eigenvalue weighted by molar-refractivity contribution is -0.299. The number of aliphatic hydroxyl groups is 5. The van der Waals surface area contributed by atoms with Crippen molar-refractivity contribution in [2.75, 3.05) is 13.2 Å². The Kier molecular flexibility index (Phi) is 7.32. The van der Waals surface area contributed by atoms with Crippen LogP contribution in [0.3, 0.4) is 0 Å². The van der Waals surface area contributed by atoms with E-state index in [9.17, 15) is 30.3 Å². The largest absolute Gasteiger partial charge is 0.394 e. The average molecular weight is 386 g/mol. The maximum absolute atomic E-state index is 12.1. The Bertz CT molecular complexity index is 580. The predicted octanol–water partition coefficient (Wildman–Crippen LogP) is -0.719. The van der Waals surface area contributed by atoms with Crippen LogP contribution in [0, 0.1) is 11.3 Å². The zero-order valence-corrected chi connectivity index (χ0v) is 15.9. The zero-order chi connectivity index (χ0) is 20.4. The number of ether oxygens (including phenoxy) is 2. The number of aliphatic hydroxyl groups excluding tert-OH is 5. The first kappa shape index (κ1) is 22.2. The number of rotatable bonds is 6. The van der Waals surface area contributed by atoms with E-state index in [4.69, 9.17) is 9.47 Å². The summed E-state index contributed by atoms with van der Waals surface area (Å²) < 4.78 is 10.9. The lowest BCUT2D eigenvalue weighted by Crippen LogP contribution is -2.59. The maximum Gasteiger partial charge on any atom is 0.187 e. The molecule has 1 aliphatic heterocycles. The van der Waals surface area contributed by atoms with E-state index in [0.717, 1.165) is 0 Å². The smallest absolute Gasteiger partial charge is 0.187 e. The molecule has 0 aromatic rings. The SMILES string of the molecule is C[C@H](O)C=C[C@H]1C(CO[C@@H]2O[C@H](CO)[C@@H](O)[C@H](O)[C@H]2O)=CC(=O)CC1(C)C. The summed E-state index contributed by atoms with van der Waals surface area (Å²) in [4.78, 5) is 12.1. The normalized spacial score (nSPS) is 38.1. The van der Waals surface area contributed by atoms with Crippen LogP contribution in [-0.4, -0.2) is 81.3 Å². The van der Waals surface area contributed by atoms with Crippen molar-refractivity contribution in [2.24, 2.45) is 11.3 Å². The molecule has 0 aromatic heterocycles. The van der Waals surface area contributed by atoms with E-state index >= 15 is 0 Å². The molecule has 0 saturated carbocycles. The Morgan fingerprint density at radius 1 is 1.30 bits per heavy atom. The first-order chi connectivity index (χ1) is 12.6. The number of ketones is 1. The highest BCUT2D eigenvalue weighted by atomic mass is 16.7. The minimum absolute atomic E-state index is 0.0471. The molecule has 1 saturated heterocycles. The minimum atomic E-state index is -1.52. The molecule has 0 aromatic carbocycles. The Labute approximate surface area is 158 Å². The van der Waals surface area contributed by atoms with Crippen molar-refractivity contribution in [1.82, 2.24) is 0 Å². The van der Waals surface area contributed by atoms with E-state index in [1.807, 2.05) is 19.9 Å². The average Bonchev–Trinajstić information content (AvgIpc) is 2.57. The topological polar surface area (TPSA) is 137 Å². The van der Waals surface area contributed by atoms with Crippen molar-refractivity contribution >= 4 is 5.78 Å². The van der Waals surface area contributed by atoms with E-state index in [0.29, 0.717) is 12.0 Å². The van der Waals surface area contributed by atoms with Gasteiger partial charge in [-0.15, -0.1) is 0 Å². The monoisotopic (exact) mass is 386 g/mol. The van der Waals surface area contributed by atoms with Gasteiger partial charge in [-0.25, -0.2) is 0 Å². The first-order valence-electron chi connectivity index (χ1n) is 9.08.